The predicted octanol–water partition coefficient (Wildman–Crippen LogP) is 2.38. The summed E-state index contributed by atoms with van der Waals surface area (Å²) >= 11 is 0. The largest absolute Gasteiger partial charge is 0.491 e. The quantitative estimate of drug-likeness (QED) is 0.902. The Morgan fingerprint density at radius 1 is 1.20 bits per heavy atom. The maximum atomic E-state index is 5.64. The summed E-state index contributed by atoms with van der Waals surface area (Å²) < 4.78 is 11.0. The molecule has 6 heteroatoms. The van der Waals surface area contributed by atoms with E-state index in [4.69, 9.17) is 9.47 Å². The second-order valence-electron chi connectivity index (χ2n) is 4.43. The van der Waals surface area contributed by atoms with Crippen molar-refractivity contribution < 1.29 is 9.47 Å². The third kappa shape index (κ3) is 2.96. The molecule has 0 atom stereocenters. The summed E-state index contributed by atoms with van der Waals surface area (Å²) in [6.07, 6.45) is 4.97. The van der Waals surface area contributed by atoms with E-state index in [2.05, 4.69) is 20.3 Å². The van der Waals surface area contributed by atoms with E-state index in [0.29, 0.717) is 23.0 Å². The minimum Gasteiger partial charge on any atom is -0.491 e. The maximum Gasteiger partial charge on any atom is 0.187 e. The number of hydrogen-bond donors (Lipinski definition) is 1. The normalized spacial score (nSPS) is 10.4. The average molecular weight is 274 g/mol. The van der Waals surface area contributed by atoms with E-state index in [-0.39, 0.29) is 6.10 Å². The van der Waals surface area contributed by atoms with E-state index >= 15 is 0 Å². The first kappa shape index (κ1) is 14.0. The minimum atomic E-state index is 0.0900. The molecular weight excluding hydrogens is 256 g/mol. The highest BCUT2D eigenvalue weighted by Crippen LogP contribution is 2.33. The molecule has 1 N–H and O–H groups in total. The molecule has 2 aromatic heterocycles. The second kappa shape index (κ2) is 6.18. The summed E-state index contributed by atoms with van der Waals surface area (Å²) in [6.45, 7) is 3.94. The fraction of sp³-hybridized carbons (Fsp3) is 0.357. The highest BCUT2D eigenvalue weighted by Gasteiger charge is 2.14. The molecule has 0 bridgehead atoms. The Balaban J connectivity index is 2.46. The van der Waals surface area contributed by atoms with Crippen molar-refractivity contribution in [3.05, 3.63) is 24.8 Å². The smallest absolute Gasteiger partial charge is 0.187 e. The molecule has 2 heterocycles. The van der Waals surface area contributed by atoms with Crippen LogP contribution in [0.15, 0.2) is 24.8 Å². The molecule has 0 aliphatic heterocycles. The first-order valence-electron chi connectivity index (χ1n) is 6.34. The van der Waals surface area contributed by atoms with Gasteiger partial charge in [0.05, 0.1) is 19.4 Å². The summed E-state index contributed by atoms with van der Waals surface area (Å²) in [5.74, 6) is 1.91. The maximum absolute atomic E-state index is 5.64. The van der Waals surface area contributed by atoms with E-state index in [9.17, 15) is 0 Å². The van der Waals surface area contributed by atoms with Gasteiger partial charge in [0.15, 0.2) is 11.6 Å². The number of nitrogens with zero attached hydrogens (tertiary/aromatic N) is 3. The molecule has 0 radical (unpaired) electrons. The van der Waals surface area contributed by atoms with Gasteiger partial charge in [-0.25, -0.2) is 9.97 Å². The molecule has 106 valence electrons. The van der Waals surface area contributed by atoms with Crippen LogP contribution in [0, 0.1) is 0 Å². The van der Waals surface area contributed by atoms with E-state index in [1.807, 2.05) is 19.9 Å². The van der Waals surface area contributed by atoms with Crippen LogP contribution in [0.2, 0.25) is 0 Å². The fourth-order valence-corrected chi connectivity index (χ4v) is 1.84. The van der Waals surface area contributed by atoms with Crippen LogP contribution in [0.4, 0.5) is 5.82 Å². The van der Waals surface area contributed by atoms with Gasteiger partial charge in [-0.15, -0.1) is 0 Å². The average Bonchev–Trinajstić information content (AvgIpc) is 2.45. The number of anilines is 1. The lowest BCUT2D eigenvalue weighted by Crippen LogP contribution is -2.06. The number of nitrogens with one attached hydrogen (secondary N) is 1. The Kier molecular flexibility index (Phi) is 4.34. The topological polar surface area (TPSA) is 69.2 Å². The van der Waals surface area contributed by atoms with Gasteiger partial charge in [0.1, 0.15) is 17.8 Å². The van der Waals surface area contributed by atoms with Gasteiger partial charge in [0.2, 0.25) is 0 Å². The Bertz CT molecular complexity index is 587. The number of pyridine rings is 1. The second-order valence-corrected chi connectivity index (χ2v) is 4.43. The van der Waals surface area contributed by atoms with Crippen LogP contribution in [0.25, 0.3) is 11.3 Å². The SMILES string of the molecule is CNc1ncnc(-c2cncc(OC(C)C)c2)c1OC. The van der Waals surface area contributed by atoms with Crippen LogP contribution in [-0.2, 0) is 0 Å². The zero-order valence-corrected chi connectivity index (χ0v) is 12.0. The van der Waals surface area contributed by atoms with Gasteiger partial charge in [-0.2, -0.15) is 0 Å². The summed E-state index contributed by atoms with van der Waals surface area (Å²) in [5.41, 5.74) is 1.49. The zero-order chi connectivity index (χ0) is 14.5. The van der Waals surface area contributed by atoms with Gasteiger partial charge in [0.25, 0.3) is 0 Å². The molecule has 20 heavy (non-hydrogen) atoms. The van der Waals surface area contributed by atoms with Crippen molar-refractivity contribution >= 4 is 5.82 Å². The lowest BCUT2D eigenvalue weighted by molar-refractivity contribution is 0.241. The Hall–Kier alpha value is -2.37. The van der Waals surface area contributed by atoms with Crippen LogP contribution < -0.4 is 14.8 Å². The molecule has 0 aromatic carbocycles. The summed E-state index contributed by atoms with van der Waals surface area (Å²) in [4.78, 5) is 12.6. The van der Waals surface area contributed by atoms with E-state index in [1.54, 1.807) is 26.6 Å². The van der Waals surface area contributed by atoms with Gasteiger partial charge < -0.3 is 14.8 Å². The van der Waals surface area contributed by atoms with Crippen LogP contribution in [0.5, 0.6) is 11.5 Å². The van der Waals surface area contributed by atoms with Crippen molar-refractivity contribution in [1.29, 1.82) is 0 Å². The van der Waals surface area contributed by atoms with Gasteiger partial charge in [-0.05, 0) is 19.9 Å². The number of hydrogen-bond acceptors (Lipinski definition) is 6. The zero-order valence-electron chi connectivity index (χ0n) is 12.0. The number of rotatable bonds is 5. The summed E-state index contributed by atoms with van der Waals surface area (Å²) in [5, 5.41) is 2.98. The van der Waals surface area contributed by atoms with Gasteiger partial charge >= 0.3 is 0 Å². The standard InChI is InChI=1S/C14H18N4O2/c1-9(2)20-11-5-10(6-16-7-11)12-13(19-4)14(15-3)18-8-17-12/h5-9H,1-4H3,(H,15,17,18). The van der Waals surface area contributed by atoms with Gasteiger partial charge in [-0.3, -0.25) is 4.98 Å². The third-order valence-corrected chi connectivity index (χ3v) is 2.60. The molecule has 0 amide bonds. The highest BCUT2D eigenvalue weighted by molar-refractivity contribution is 5.72. The van der Waals surface area contributed by atoms with Gasteiger partial charge in [-0.1, -0.05) is 0 Å². The monoisotopic (exact) mass is 274 g/mol. The highest BCUT2D eigenvalue weighted by atomic mass is 16.5. The van der Waals surface area contributed by atoms with Crippen molar-refractivity contribution in [2.75, 3.05) is 19.5 Å². The first-order chi connectivity index (χ1) is 9.65. The first-order valence-corrected chi connectivity index (χ1v) is 6.34. The van der Waals surface area contributed by atoms with Crippen molar-refractivity contribution in [3.63, 3.8) is 0 Å². The van der Waals surface area contributed by atoms with Crippen LogP contribution in [0.3, 0.4) is 0 Å². The van der Waals surface area contributed by atoms with E-state index in [0.717, 1.165) is 5.56 Å². The van der Waals surface area contributed by atoms with Crippen molar-refractivity contribution in [3.8, 4) is 22.8 Å². The fourth-order valence-electron chi connectivity index (χ4n) is 1.84. The molecule has 0 aliphatic carbocycles. The predicted molar refractivity (Wildman–Crippen MR) is 77.1 cm³/mol. The van der Waals surface area contributed by atoms with Crippen LogP contribution in [0.1, 0.15) is 13.8 Å². The third-order valence-electron chi connectivity index (χ3n) is 2.60. The van der Waals surface area contributed by atoms with Crippen molar-refractivity contribution in [2.45, 2.75) is 20.0 Å². The van der Waals surface area contributed by atoms with E-state index in [1.165, 1.54) is 6.33 Å². The summed E-state index contributed by atoms with van der Waals surface area (Å²) in [7, 11) is 3.37. The van der Waals surface area contributed by atoms with Crippen LogP contribution >= 0.6 is 0 Å². The van der Waals surface area contributed by atoms with E-state index < -0.39 is 0 Å². The minimum absolute atomic E-state index is 0.0900. The van der Waals surface area contributed by atoms with Crippen molar-refractivity contribution in [1.82, 2.24) is 15.0 Å². The lowest BCUT2D eigenvalue weighted by Gasteiger charge is -2.13. The van der Waals surface area contributed by atoms with Gasteiger partial charge in [0, 0.05) is 18.8 Å². The molecular formula is C14H18N4O2. The molecule has 2 aromatic rings. The van der Waals surface area contributed by atoms with Crippen LogP contribution in [-0.4, -0.2) is 35.2 Å². The Labute approximate surface area is 118 Å². The summed E-state index contributed by atoms with van der Waals surface area (Å²) in [6, 6.07) is 1.89. The molecule has 0 unspecified atom stereocenters. The molecule has 0 spiro atoms. The molecule has 0 aliphatic rings. The molecule has 0 saturated carbocycles. The number of aromatic nitrogens is 3. The number of methoxy groups -OCH3 is 1. The molecule has 6 nitrogen and oxygen atoms in total. The lowest BCUT2D eigenvalue weighted by atomic mass is 10.2. The van der Waals surface area contributed by atoms with Crippen molar-refractivity contribution in [2.24, 2.45) is 0 Å². The Morgan fingerprint density at radius 3 is 2.65 bits per heavy atom. The number of ether oxygens (including phenoxy) is 2. The molecule has 0 saturated heterocycles. The molecule has 2 rings (SSSR count). The molecule has 0 fully saturated rings. The Morgan fingerprint density at radius 2 is 2.00 bits per heavy atom.